The van der Waals surface area contributed by atoms with Crippen LogP contribution in [0.5, 0.6) is 0 Å². The molecule has 130 valence electrons. The van der Waals surface area contributed by atoms with E-state index in [-0.39, 0.29) is 23.1 Å². The van der Waals surface area contributed by atoms with Gasteiger partial charge < -0.3 is 4.74 Å². The molecule has 2 rings (SSSR count). The summed E-state index contributed by atoms with van der Waals surface area (Å²) in [6.45, 7) is 2.24. The zero-order valence-corrected chi connectivity index (χ0v) is 16.4. The van der Waals surface area contributed by atoms with Gasteiger partial charge in [-0.05, 0) is 50.0 Å². The quantitative estimate of drug-likeness (QED) is 0.149. The molecule has 0 spiro atoms. The van der Waals surface area contributed by atoms with E-state index in [9.17, 15) is 9.59 Å². The van der Waals surface area contributed by atoms with Gasteiger partial charge in [-0.3, -0.25) is 9.59 Å². The number of hydrogen-bond acceptors (Lipinski definition) is 5. The molecule has 1 fully saturated rings. The maximum Gasteiger partial charge on any atom is 0.200 e. The first-order valence-corrected chi connectivity index (χ1v) is 10.8. The largest absolute Gasteiger partial charge is 0.501 e. The highest BCUT2D eigenvalue weighted by Gasteiger charge is 2.35. The van der Waals surface area contributed by atoms with E-state index in [1.165, 1.54) is 18.0 Å². The summed E-state index contributed by atoms with van der Waals surface area (Å²) < 4.78 is 5.27. The minimum Gasteiger partial charge on any atom is -0.501 e. The highest BCUT2D eigenvalue weighted by Crippen LogP contribution is 2.37. The van der Waals surface area contributed by atoms with Crippen LogP contribution in [0.25, 0.3) is 0 Å². The van der Waals surface area contributed by atoms with E-state index in [1.54, 1.807) is 23.9 Å². The fraction of sp³-hybridized carbons (Fsp3) is 0.444. The fourth-order valence-corrected chi connectivity index (χ4v) is 4.24. The number of Topliss-reactive ketones (excluding diaryl/α,β-unsaturated/α-hetero) is 2. The second-order valence-electron chi connectivity index (χ2n) is 5.49. The van der Waals surface area contributed by atoms with Gasteiger partial charge in [0.05, 0.1) is 12.9 Å². The molecular formula is C18H21ClO3S2. The van der Waals surface area contributed by atoms with Crippen LogP contribution >= 0.6 is 35.1 Å². The number of halogens is 1. The zero-order chi connectivity index (χ0) is 17.7. The molecule has 24 heavy (non-hydrogen) atoms. The Morgan fingerprint density at radius 1 is 1.33 bits per heavy atom. The van der Waals surface area contributed by atoms with E-state index in [1.807, 2.05) is 19.4 Å². The lowest BCUT2D eigenvalue weighted by Crippen LogP contribution is -2.17. The molecule has 0 heterocycles. The molecule has 6 heteroatoms. The molecule has 0 radical (unpaired) electrons. The maximum atomic E-state index is 13.0. The Labute approximate surface area is 156 Å². The summed E-state index contributed by atoms with van der Waals surface area (Å²) >= 11 is 9.44. The van der Waals surface area contributed by atoms with Gasteiger partial charge in [0.1, 0.15) is 5.57 Å². The molecule has 1 aromatic carbocycles. The lowest BCUT2D eigenvalue weighted by Gasteiger charge is -2.14. The SMILES string of the molecule is CCOC=C(C(=O)c1ccc(Cl)c(CSC)c1SC)C(=O)C1CC1. The molecule has 1 aliphatic carbocycles. The molecule has 3 nitrogen and oxygen atoms in total. The van der Waals surface area contributed by atoms with Crippen molar-refractivity contribution in [2.75, 3.05) is 19.1 Å². The molecule has 0 aromatic heterocycles. The van der Waals surface area contributed by atoms with Crippen molar-refractivity contribution in [3.05, 3.63) is 40.1 Å². The van der Waals surface area contributed by atoms with Crippen molar-refractivity contribution in [1.29, 1.82) is 0 Å². The highest BCUT2D eigenvalue weighted by molar-refractivity contribution is 7.99. The van der Waals surface area contributed by atoms with Crippen molar-refractivity contribution >= 4 is 46.7 Å². The smallest absolute Gasteiger partial charge is 0.200 e. The number of rotatable bonds is 9. The predicted octanol–water partition coefficient (Wildman–Crippen LogP) is 5.01. The number of ether oxygens (including phenoxy) is 1. The van der Waals surface area contributed by atoms with E-state index in [0.29, 0.717) is 17.2 Å². The third-order valence-electron chi connectivity index (χ3n) is 3.77. The normalized spacial score (nSPS) is 14.6. The van der Waals surface area contributed by atoms with Crippen molar-refractivity contribution in [2.24, 2.45) is 5.92 Å². The third-order valence-corrected chi connectivity index (χ3v) is 5.57. The average molecular weight is 385 g/mol. The molecule has 0 amide bonds. The van der Waals surface area contributed by atoms with Gasteiger partial charge in [0.2, 0.25) is 5.78 Å². The standard InChI is InChI=1S/C18H21ClO3S2/c1-4-22-9-13(16(20)11-5-6-11)17(21)12-7-8-15(19)14(10-23-2)18(12)24-3/h7-9,11H,4-6,10H2,1-3H3. The van der Waals surface area contributed by atoms with Crippen LogP contribution in [0.1, 0.15) is 35.7 Å². The molecule has 0 unspecified atom stereocenters. The van der Waals surface area contributed by atoms with Gasteiger partial charge in [0.25, 0.3) is 0 Å². The van der Waals surface area contributed by atoms with Crippen LogP contribution in [-0.2, 0) is 15.3 Å². The number of benzene rings is 1. The second-order valence-corrected chi connectivity index (χ2v) is 7.58. The first-order valence-electron chi connectivity index (χ1n) is 7.80. The lowest BCUT2D eigenvalue weighted by atomic mass is 9.97. The van der Waals surface area contributed by atoms with Crippen LogP contribution in [0.3, 0.4) is 0 Å². The summed E-state index contributed by atoms with van der Waals surface area (Å²) in [4.78, 5) is 26.4. The number of allylic oxidation sites excluding steroid dienone is 1. The van der Waals surface area contributed by atoms with Crippen molar-refractivity contribution in [1.82, 2.24) is 0 Å². The van der Waals surface area contributed by atoms with Crippen LogP contribution in [0.2, 0.25) is 5.02 Å². The van der Waals surface area contributed by atoms with Gasteiger partial charge in [0, 0.05) is 27.2 Å². The van der Waals surface area contributed by atoms with Gasteiger partial charge in [-0.1, -0.05) is 11.6 Å². The van der Waals surface area contributed by atoms with Crippen LogP contribution in [0.4, 0.5) is 0 Å². The van der Waals surface area contributed by atoms with Crippen molar-refractivity contribution in [3.8, 4) is 0 Å². The predicted molar refractivity (Wildman–Crippen MR) is 102 cm³/mol. The molecule has 1 saturated carbocycles. The van der Waals surface area contributed by atoms with Gasteiger partial charge in [0.15, 0.2) is 5.78 Å². The number of hydrogen-bond donors (Lipinski definition) is 0. The molecule has 0 bridgehead atoms. The highest BCUT2D eigenvalue weighted by atomic mass is 35.5. The Bertz CT molecular complexity index is 666. The number of carbonyl (C=O) groups excluding carboxylic acids is 2. The fourth-order valence-electron chi connectivity index (χ4n) is 2.40. The summed E-state index contributed by atoms with van der Waals surface area (Å²) in [5, 5.41) is 0.647. The summed E-state index contributed by atoms with van der Waals surface area (Å²) in [6, 6.07) is 3.44. The van der Waals surface area contributed by atoms with Crippen molar-refractivity contribution < 1.29 is 14.3 Å². The summed E-state index contributed by atoms with van der Waals surface area (Å²) in [6.07, 6.45) is 6.94. The molecule has 0 saturated heterocycles. The summed E-state index contributed by atoms with van der Waals surface area (Å²) in [5.41, 5.74) is 1.61. The van der Waals surface area contributed by atoms with Gasteiger partial charge in [-0.25, -0.2) is 0 Å². The van der Waals surface area contributed by atoms with E-state index in [0.717, 1.165) is 29.1 Å². The average Bonchev–Trinajstić information content (AvgIpc) is 3.41. The Hall–Kier alpha value is -0.910. The molecule has 1 aromatic rings. The number of thioether (sulfide) groups is 2. The van der Waals surface area contributed by atoms with Crippen LogP contribution in [0.15, 0.2) is 28.9 Å². The maximum absolute atomic E-state index is 13.0. The molecule has 1 aliphatic rings. The first kappa shape index (κ1) is 19.4. The Morgan fingerprint density at radius 3 is 2.58 bits per heavy atom. The summed E-state index contributed by atoms with van der Waals surface area (Å²) in [7, 11) is 0. The van der Waals surface area contributed by atoms with Gasteiger partial charge in [-0.15, -0.1) is 11.8 Å². The van der Waals surface area contributed by atoms with E-state index in [4.69, 9.17) is 16.3 Å². The second kappa shape index (κ2) is 8.97. The molecule has 0 aliphatic heterocycles. The number of carbonyl (C=O) groups is 2. The molecule has 0 N–H and O–H groups in total. The zero-order valence-electron chi connectivity index (χ0n) is 14.1. The minimum absolute atomic E-state index is 0.0312. The molecular weight excluding hydrogens is 364 g/mol. The van der Waals surface area contributed by atoms with Crippen molar-refractivity contribution in [3.63, 3.8) is 0 Å². The summed E-state index contributed by atoms with van der Waals surface area (Å²) in [5.74, 6) is 0.305. The van der Waals surface area contributed by atoms with Gasteiger partial charge >= 0.3 is 0 Å². The Morgan fingerprint density at radius 2 is 2.04 bits per heavy atom. The minimum atomic E-state index is -0.274. The lowest BCUT2D eigenvalue weighted by molar-refractivity contribution is -0.116. The first-order chi connectivity index (χ1) is 11.5. The Balaban J connectivity index is 2.45. The van der Waals surface area contributed by atoms with Crippen LogP contribution in [-0.4, -0.2) is 30.7 Å². The monoisotopic (exact) mass is 384 g/mol. The van der Waals surface area contributed by atoms with Crippen molar-refractivity contribution in [2.45, 2.75) is 30.4 Å². The number of ketones is 2. The van der Waals surface area contributed by atoms with E-state index < -0.39 is 0 Å². The van der Waals surface area contributed by atoms with E-state index in [2.05, 4.69) is 0 Å². The topological polar surface area (TPSA) is 43.4 Å². The molecule has 0 atom stereocenters. The van der Waals surface area contributed by atoms with Gasteiger partial charge in [-0.2, -0.15) is 11.8 Å². The van der Waals surface area contributed by atoms with Crippen LogP contribution in [0, 0.1) is 5.92 Å². The Kier molecular flexibility index (Phi) is 7.26. The van der Waals surface area contributed by atoms with Crippen LogP contribution < -0.4 is 0 Å². The third kappa shape index (κ3) is 4.38. The van der Waals surface area contributed by atoms with E-state index >= 15 is 0 Å².